The van der Waals surface area contributed by atoms with Gasteiger partial charge in [0.1, 0.15) is 5.78 Å². The molecule has 0 atom stereocenters. The van der Waals surface area contributed by atoms with Crippen LogP contribution in [0.5, 0.6) is 0 Å². The summed E-state index contributed by atoms with van der Waals surface area (Å²) in [5.41, 5.74) is 5.09. The lowest BCUT2D eigenvalue weighted by molar-refractivity contribution is -0.137. The van der Waals surface area contributed by atoms with E-state index >= 15 is 0 Å². The summed E-state index contributed by atoms with van der Waals surface area (Å²) in [6, 6.07) is 0. The topological polar surface area (TPSA) is 80.4 Å². The lowest BCUT2D eigenvalue weighted by Gasteiger charge is -1.96. The maximum absolute atomic E-state index is 10.7. The third kappa shape index (κ3) is 11.4. The fourth-order valence-corrected chi connectivity index (χ4v) is 0.877. The van der Waals surface area contributed by atoms with Crippen LogP contribution in [0.15, 0.2) is 0 Å². The predicted molar refractivity (Wildman–Crippen MR) is 52.0 cm³/mol. The van der Waals surface area contributed by atoms with Crippen molar-refractivity contribution >= 4 is 24.2 Å². The Morgan fingerprint density at radius 2 is 1.62 bits per heavy atom. The highest BCUT2D eigenvalue weighted by molar-refractivity contribution is 5.85. The Kier molecular flexibility index (Phi) is 10.9. The maximum Gasteiger partial charge on any atom is 0.303 e. The third-order valence-electron chi connectivity index (χ3n) is 1.57. The molecule has 0 aliphatic rings. The van der Waals surface area contributed by atoms with Gasteiger partial charge in [-0.05, 0) is 12.8 Å². The van der Waals surface area contributed by atoms with Gasteiger partial charge in [-0.2, -0.15) is 0 Å². The highest BCUT2D eigenvalue weighted by Crippen LogP contribution is 2.02. The zero-order valence-corrected chi connectivity index (χ0v) is 8.31. The molecular weight excluding hydrogens is 194 g/mol. The molecule has 0 aromatic rings. The molecule has 0 fully saturated rings. The predicted octanol–water partition coefficient (Wildman–Crippen LogP) is 0.971. The number of carbonyl (C=O) groups excluding carboxylic acids is 1. The zero-order chi connectivity index (χ0) is 9.40. The third-order valence-corrected chi connectivity index (χ3v) is 1.57. The van der Waals surface area contributed by atoms with Gasteiger partial charge in [0.15, 0.2) is 0 Å². The van der Waals surface area contributed by atoms with Crippen molar-refractivity contribution in [3.63, 3.8) is 0 Å². The molecule has 0 aliphatic heterocycles. The van der Waals surface area contributed by atoms with Crippen LogP contribution in [-0.4, -0.2) is 23.4 Å². The molecular formula is C8H16ClNO3. The normalized spacial score (nSPS) is 9.00. The first kappa shape index (κ1) is 14.9. The molecule has 0 radical (unpaired) electrons. The molecule has 3 N–H and O–H groups in total. The fraction of sp³-hybridized carbons (Fsp3) is 0.750. The quantitative estimate of drug-likeness (QED) is 0.613. The first-order valence-corrected chi connectivity index (χ1v) is 4.10. The summed E-state index contributed by atoms with van der Waals surface area (Å²) in [5.74, 6) is -0.731. The summed E-state index contributed by atoms with van der Waals surface area (Å²) >= 11 is 0. The first-order valence-electron chi connectivity index (χ1n) is 4.10. The molecule has 5 heteroatoms. The highest BCUT2D eigenvalue weighted by atomic mass is 35.5. The minimum absolute atomic E-state index is 0. The number of rotatable bonds is 7. The fourth-order valence-electron chi connectivity index (χ4n) is 0.877. The van der Waals surface area contributed by atoms with E-state index in [0.29, 0.717) is 12.8 Å². The van der Waals surface area contributed by atoms with Crippen LogP contribution in [0, 0.1) is 0 Å². The molecule has 4 nitrogen and oxygen atoms in total. The molecule has 13 heavy (non-hydrogen) atoms. The summed E-state index contributed by atoms with van der Waals surface area (Å²) in [7, 11) is 0. The van der Waals surface area contributed by atoms with Crippen LogP contribution in [-0.2, 0) is 9.59 Å². The number of hydrogen-bond donors (Lipinski definition) is 2. The number of hydrogen-bond acceptors (Lipinski definition) is 3. The van der Waals surface area contributed by atoms with Gasteiger partial charge in [0, 0.05) is 12.8 Å². The lowest BCUT2D eigenvalue weighted by Crippen LogP contribution is -2.12. The molecule has 0 unspecified atom stereocenters. The van der Waals surface area contributed by atoms with Gasteiger partial charge in [-0.1, -0.05) is 6.42 Å². The minimum Gasteiger partial charge on any atom is -0.481 e. The number of halogens is 1. The van der Waals surface area contributed by atoms with Gasteiger partial charge in [0.25, 0.3) is 0 Å². The number of carbonyl (C=O) groups is 2. The van der Waals surface area contributed by atoms with E-state index in [1.165, 1.54) is 0 Å². The lowest BCUT2D eigenvalue weighted by atomic mass is 10.1. The van der Waals surface area contributed by atoms with Gasteiger partial charge >= 0.3 is 5.97 Å². The molecule has 0 saturated heterocycles. The standard InChI is InChI=1S/C8H15NO3.ClH/c9-6-7(10)4-2-1-3-5-8(11)12;/h1-6,9H2,(H,11,12);1H. The summed E-state index contributed by atoms with van der Waals surface area (Å²) in [4.78, 5) is 20.7. The Bertz CT molecular complexity index is 161. The van der Waals surface area contributed by atoms with Crippen LogP contribution in [0.3, 0.4) is 0 Å². The summed E-state index contributed by atoms with van der Waals surface area (Å²) in [6.07, 6.45) is 2.86. The number of carboxylic acids is 1. The molecule has 0 aromatic carbocycles. The van der Waals surface area contributed by atoms with E-state index < -0.39 is 5.97 Å². The molecule has 0 heterocycles. The van der Waals surface area contributed by atoms with E-state index in [-0.39, 0.29) is 31.2 Å². The SMILES string of the molecule is Cl.NCC(=O)CCCCCC(=O)O. The average Bonchev–Trinajstić information content (AvgIpc) is 2.03. The Morgan fingerprint density at radius 1 is 1.08 bits per heavy atom. The monoisotopic (exact) mass is 209 g/mol. The molecule has 0 bridgehead atoms. The molecule has 0 rings (SSSR count). The van der Waals surface area contributed by atoms with Crippen molar-refractivity contribution in [2.24, 2.45) is 5.73 Å². The van der Waals surface area contributed by atoms with Crippen molar-refractivity contribution in [2.75, 3.05) is 6.54 Å². The summed E-state index contributed by atoms with van der Waals surface area (Å²) in [6.45, 7) is 0.0962. The number of Topliss-reactive ketones (excluding diaryl/α,β-unsaturated/α-hetero) is 1. The van der Waals surface area contributed by atoms with Crippen molar-refractivity contribution in [1.29, 1.82) is 0 Å². The Balaban J connectivity index is 0. The van der Waals surface area contributed by atoms with Gasteiger partial charge in [-0.3, -0.25) is 9.59 Å². The molecule has 78 valence electrons. The van der Waals surface area contributed by atoms with E-state index in [4.69, 9.17) is 10.8 Å². The summed E-state index contributed by atoms with van der Waals surface area (Å²) < 4.78 is 0. The van der Waals surface area contributed by atoms with Gasteiger partial charge in [0.2, 0.25) is 0 Å². The van der Waals surface area contributed by atoms with E-state index in [0.717, 1.165) is 12.8 Å². The van der Waals surface area contributed by atoms with Gasteiger partial charge in [-0.25, -0.2) is 0 Å². The maximum atomic E-state index is 10.7. The second-order valence-corrected chi connectivity index (χ2v) is 2.70. The second kappa shape index (κ2) is 9.48. The molecule has 0 saturated carbocycles. The Hall–Kier alpha value is -0.610. The van der Waals surface area contributed by atoms with Crippen LogP contribution in [0.25, 0.3) is 0 Å². The zero-order valence-electron chi connectivity index (χ0n) is 7.49. The molecule has 0 aliphatic carbocycles. The Labute approximate surface area is 83.9 Å². The van der Waals surface area contributed by atoms with Crippen molar-refractivity contribution in [3.8, 4) is 0 Å². The van der Waals surface area contributed by atoms with Crippen LogP contribution in [0.1, 0.15) is 32.1 Å². The van der Waals surface area contributed by atoms with Crippen LogP contribution in [0.2, 0.25) is 0 Å². The average molecular weight is 210 g/mol. The number of aliphatic carboxylic acids is 1. The smallest absolute Gasteiger partial charge is 0.303 e. The van der Waals surface area contributed by atoms with Gasteiger partial charge in [-0.15, -0.1) is 12.4 Å². The van der Waals surface area contributed by atoms with Crippen LogP contribution < -0.4 is 5.73 Å². The van der Waals surface area contributed by atoms with E-state index in [1.807, 2.05) is 0 Å². The second-order valence-electron chi connectivity index (χ2n) is 2.70. The van der Waals surface area contributed by atoms with Gasteiger partial charge < -0.3 is 10.8 Å². The molecule has 0 aromatic heterocycles. The van der Waals surface area contributed by atoms with Crippen molar-refractivity contribution < 1.29 is 14.7 Å². The van der Waals surface area contributed by atoms with Gasteiger partial charge in [0.05, 0.1) is 6.54 Å². The number of unbranched alkanes of at least 4 members (excludes halogenated alkanes) is 2. The Morgan fingerprint density at radius 3 is 2.08 bits per heavy atom. The highest BCUT2D eigenvalue weighted by Gasteiger charge is 1.99. The van der Waals surface area contributed by atoms with Crippen LogP contribution in [0.4, 0.5) is 0 Å². The number of nitrogens with two attached hydrogens (primary N) is 1. The van der Waals surface area contributed by atoms with Crippen molar-refractivity contribution in [3.05, 3.63) is 0 Å². The molecule has 0 spiro atoms. The van der Waals surface area contributed by atoms with E-state index in [9.17, 15) is 9.59 Å². The first-order chi connectivity index (χ1) is 5.66. The largest absolute Gasteiger partial charge is 0.481 e. The van der Waals surface area contributed by atoms with Crippen LogP contribution >= 0.6 is 12.4 Å². The van der Waals surface area contributed by atoms with E-state index in [1.54, 1.807) is 0 Å². The molecule has 0 amide bonds. The number of carboxylic acid groups (broad SMARTS) is 1. The van der Waals surface area contributed by atoms with Crippen molar-refractivity contribution in [1.82, 2.24) is 0 Å². The van der Waals surface area contributed by atoms with E-state index in [2.05, 4.69) is 0 Å². The van der Waals surface area contributed by atoms with Crippen molar-refractivity contribution in [2.45, 2.75) is 32.1 Å². The summed E-state index contributed by atoms with van der Waals surface area (Å²) in [5, 5.41) is 8.28. The number of ketones is 1. The minimum atomic E-state index is -0.778.